The lowest BCUT2D eigenvalue weighted by Gasteiger charge is -2.29. The molecule has 1 aliphatic carbocycles. The van der Waals surface area contributed by atoms with Gasteiger partial charge in [0.25, 0.3) is 0 Å². The number of carbonyl (C=O) groups is 1. The Kier molecular flexibility index (Phi) is 5.80. The molecule has 8 nitrogen and oxygen atoms in total. The van der Waals surface area contributed by atoms with Crippen molar-refractivity contribution in [1.29, 1.82) is 0 Å². The molecule has 4 heterocycles. The molecule has 0 amide bonds. The van der Waals surface area contributed by atoms with E-state index >= 15 is 0 Å². The molecule has 1 saturated carbocycles. The lowest BCUT2D eigenvalue weighted by atomic mass is 9.95. The van der Waals surface area contributed by atoms with Crippen molar-refractivity contribution in [3.8, 4) is 11.3 Å². The Labute approximate surface area is 182 Å². The van der Waals surface area contributed by atoms with Gasteiger partial charge in [0.15, 0.2) is 0 Å². The van der Waals surface area contributed by atoms with Gasteiger partial charge in [0.1, 0.15) is 18.2 Å². The Morgan fingerprint density at radius 3 is 2.68 bits per heavy atom. The van der Waals surface area contributed by atoms with Gasteiger partial charge in [-0.05, 0) is 37.1 Å². The van der Waals surface area contributed by atoms with E-state index in [0.717, 1.165) is 54.6 Å². The minimum Gasteiger partial charge on any atom is -0.406 e. The average molecular weight is 421 g/mol. The summed E-state index contributed by atoms with van der Waals surface area (Å²) in [5.41, 5.74) is 2.59. The Morgan fingerprint density at radius 1 is 1.06 bits per heavy atom. The number of cyclic esters (lactones) is 1. The van der Waals surface area contributed by atoms with E-state index < -0.39 is 0 Å². The molecule has 0 bridgehead atoms. The van der Waals surface area contributed by atoms with Gasteiger partial charge in [-0.15, -0.1) is 0 Å². The second-order valence-corrected chi connectivity index (χ2v) is 8.34. The summed E-state index contributed by atoms with van der Waals surface area (Å²) in [6, 6.07) is 8.43. The number of piperazine rings is 1. The molecule has 2 aliphatic heterocycles. The van der Waals surface area contributed by atoms with Crippen LogP contribution in [-0.2, 0) is 9.53 Å². The molecule has 5 rings (SSSR count). The molecule has 3 aliphatic rings. The van der Waals surface area contributed by atoms with Crippen LogP contribution in [0.5, 0.6) is 0 Å². The fourth-order valence-electron chi connectivity index (χ4n) is 4.43. The number of anilines is 2. The maximum atomic E-state index is 11.6. The summed E-state index contributed by atoms with van der Waals surface area (Å²) < 4.78 is 5.33. The number of rotatable bonds is 5. The van der Waals surface area contributed by atoms with E-state index in [-0.39, 0.29) is 12.5 Å². The molecule has 8 heteroatoms. The predicted molar refractivity (Wildman–Crippen MR) is 121 cm³/mol. The number of pyridine rings is 2. The first-order valence-corrected chi connectivity index (χ1v) is 11.2. The summed E-state index contributed by atoms with van der Waals surface area (Å²) >= 11 is 0. The second-order valence-electron chi connectivity index (χ2n) is 8.34. The van der Waals surface area contributed by atoms with E-state index in [2.05, 4.69) is 31.6 Å². The lowest BCUT2D eigenvalue weighted by molar-refractivity contribution is -0.132. The average Bonchev–Trinajstić information content (AvgIpc) is 3.27. The molecule has 0 atom stereocenters. The van der Waals surface area contributed by atoms with Crippen LogP contribution in [-0.4, -0.2) is 60.6 Å². The molecule has 2 fully saturated rings. The summed E-state index contributed by atoms with van der Waals surface area (Å²) in [5.74, 6) is 1.81. The van der Waals surface area contributed by atoms with Crippen LogP contribution in [0.3, 0.4) is 0 Å². The highest BCUT2D eigenvalue weighted by molar-refractivity contribution is 6.05. The summed E-state index contributed by atoms with van der Waals surface area (Å²) in [4.78, 5) is 27.6. The normalized spacial score (nSPS) is 19.8. The first-order valence-electron chi connectivity index (χ1n) is 11.2. The van der Waals surface area contributed by atoms with E-state index in [9.17, 15) is 4.79 Å². The van der Waals surface area contributed by atoms with Crippen molar-refractivity contribution in [2.45, 2.75) is 38.1 Å². The minimum absolute atomic E-state index is 0.0701. The smallest absolute Gasteiger partial charge is 0.334 e. The van der Waals surface area contributed by atoms with Crippen LogP contribution in [0.15, 0.2) is 35.5 Å². The van der Waals surface area contributed by atoms with Crippen molar-refractivity contribution in [1.82, 2.24) is 15.3 Å². The highest BCUT2D eigenvalue weighted by Crippen LogP contribution is 2.27. The number of esters is 1. The van der Waals surface area contributed by atoms with Crippen LogP contribution in [0.4, 0.5) is 11.6 Å². The summed E-state index contributed by atoms with van der Waals surface area (Å²) in [7, 11) is 0. The van der Waals surface area contributed by atoms with Gasteiger partial charge in [-0.3, -0.25) is 0 Å². The van der Waals surface area contributed by atoms with Crippen molar-refractivity contribution in [2.24, 2.45) is 4.99 Å². The number of hydrogen-bond acceptors (Lipinski definition) is 8. The van der Waals surface area contributed by atoms with Crippen LogP contribution in [0.25, 0.3) is 11.3 Å². The van der Waals surface area contributed by atoms with Gasteiger partial charge in [0, 0.05) is 49.5 Å². The fourth-order valence-corrected chi connectivity index (χ4v) is 4.43. The first kappa shape index (κ1) is 19.9. The summed E-state index contributed by atoms with van der Waals surface area (Å²) in [5, 5.41) is 6.97. The number of carbonyl (C=O) groups excluding carboxylic acids is 1. The van der Waals surface area contributed by atoms with Gasteiger partial charge in [-0.25, -0.2) is 19.8 Å². The molecule has 0 spiro atoms. The van der Waals surface area contributed by atoms with Gasteiger partial charge in [0.2, 0.25) is 5.90 Å². The third-order valence-corrected chi connectivity index (χ3v) is 6.07. The number of nitrogens with one attached hydrogen (secondary N) is 2. The maximum Gasteiger partial charge on any atom is 0.334 e. The Balaban J connectivity index is 1.47. The zero-order valence-electron chi connectivity index (χ0n) is 17.6. The van der Waals surface area contributed by atoms with E-state index in [0.29, 0.717) is 11.9 Å². The van der Waals surface area contributed by atoms with Crippen molar-refractivity contribution in [3.05, 3.63) is 36.0 Å². The molecule has 2 N–H and O–H groups in total. The number of nitrogens with zero attached hydrogens (tertiary/aromatic N) is 4. The predicted octanol–water partition coefficient (Wildman–Crippen LogP) is 2.60. The molecule has 0 radical (unpaired) electrons. The highest BCUT2D eigenvalue weighted by atomic mass is 16.6. The third kappa shape index (κ3) is 4.69. The topological polar surface area (TPSA) is 91.7 Å². The van der Waals surface area contributed by atoms with Gasteiger partial charge >= 0.3 is 5.97 Å². The molecule has 0 aromatic carbocycles. The number of hydrogen-bond donors (Lipinski definition) is 2. The molecular formula is C23H28N6O2. The number of ether oxygens (including phenoxy) is 1. The van der Waals surface area contributed by atoms with Crippen LogP contribution in [0.2, 0.25) is 0 Å². The molecule has 2 aromatic heterocycles. The van der Waals surface area contributed by atoms with E-state index in [1.165, 1.54) is 32.1 Å². The van der Waals surface area contributed by atoms with Crippen molar-refractivity contribution in [2.75, 3.05) is 42.9 Å². The lowest BCUT2D eigenvalue weighted by Crippen LogP contribution is -2.44. The van der Waals surface area contributed by atoms with Gasteiger partial charge in [-0.1, -0.05) is 19.3 Å². The van der Waals surface area contributed by atoms with Gasteiger partial charge < -0.3 is 20.3 Å². The molecule has 0 unspecified atom stereocenters. The largest absolute Gasteiger partial charge is 0.406 e. The first-order chi connectivity index (χ1) is 15.2. The Hall–Kier alpha value is -3.00. The SMILES string of the molecule is O=C1CN=C(c2cc(-c3ccnc(NC4CCCCC4)c3)nc(N3CCNCC3)c2)O1. The Bertz CT molecular complexity index is 980. The second kappa shape index (κ2) is 9.01. The van der Waals surface area contributed by atoms with Crippen LogP contribution < -0.4 is 15.5 Å². The summed E-state index contributed by atoms with van der Waals surface area (Å²) in [6.45, 7) is 3.67. The Morgan fingerprint density at radius 2 is 1.90 bits per heavy atom. The summed E-state index contributed by atoms with van der Waals surface area (Å²) in [6.07, 6.45) is 8.08. The minimum atomic E-state index is -0.319. The van der Waals surface area contributed by atoms with Gasteiger partial charge in [-0.2, -0.15) is 0 Å². The zero-order chi connectivity index (χ0) is 21.0. The quantitative estimate of drug-likeness (QED) is 0.719. The van der Waals surface area contributed by atoms with Crippen molar-refractivity contribution < 1.29 is 9.53 Å². The molecular weight excluding hydrogens is 392 g/mol. The standard InChI is InChI=1S/C23H28N6O2/c30-22-15-26-23(31-22)17-12-19(28-21(14-17)29-10-8-24-9-11-29)16-6-7-25-20(13-16)27-18-4-2-1-3-5-18/h6-7,12-14,18,24H,1-5,8-11,15H2,(H,25,27). The highest BCUT2D eigenvalue weighted by Gasteiger charge is 2.22. The van der Waals surface area contributed by atoms with Crippen LogP contribution >= 0.6 is 0 Å². The fraction of sp³-hybridized carbons (Fsp3) is 0.478. The van der Waals surface area contributed by atoms with Crippen LogP contribution in [0, 0.1) is 0 Å². The number of aromatic nitrogens is 2. The molecule has 1 saturated heterocycles. The van der Waals surface area contributed by atoms with Gasteiger partial charge in [0.05, 0.1) is 5.69 Å². The van der Waals surface area contributed by atoms with E-state index in [4.69, 9.17) is 9.72 Å². The number of aliphatic imine (C=N–C) groups is 1. The molecule has 31 heavy (non-hydrogen) atoms. The van der Waals surface area contributed by atoms with Crippen molar-refractivity contribution >= 4 is 23.5 Å². The zero-order valence-corrected chi connectivity index (χ0v) is 17.6. The molecule has 162 valence electrons. The maximum absolute atomic E-state index is 11.6. The third-order valence-electron chi connectivity index (χ3n) is 6.07. The molecule has 2 aromatic rings. The van der Waals surface area contributed by atoms with E-state index in [1.807, 2.05) is 24.4 Å². The van der Waals surface area contributed by atoms with Crippen molar-refractivity contribution in [3.63, 3.8) is 0 Å². The monoisotopic (exact) mass is 420 g/mol. The van der Waals surface area contributed by atoms with E-state index in [1.54, 1.807) is 0 Å². The van der Waals surface area contributed by atoms with Crippen LogP contribution in [0.1, 0.15) is 37.7 Å².